The fourth-order valence-electron chi connectivity index (χ4n) is 5.33. The number of hydrogen-bond acceptors (Lipinski definition) is 3. The molecule has 1 heterocycles. The van der Waals surface area contributed by atoms with Crippen molar-refractivity contribution in [2.24, 2.45) is 0 Å². The van der Waals surface area contributed by atoms with Crippen LogP contribution in [-0.2, 0) is 24.3 Å². The number of halogens is 1. The third-order valence-corrected chi connectivity index (χ3v) is 7.77. The number of nitrogens with zero attached hydrogens (tertiary/aromatic N) is 3. The quantitative estimate of drug-likeness (QED) is 0.262. The van der Waals surface area contributed by atoms with E-state index in [-0.39, 0.29) is 24.4 Å². The van der Waals surface area contributed by atoms with E-state index >= 15 is 0 Å². The van der Waals surface area contributed by atoms with Crippen LogP contribution in [0, 0.1) is 0 Å². The number of amides is 2. The zero-order valence-electron chi connectivity index (χ0n) is 21.5. The molecular formula is C31H33BrN4O2. The van der Waals surface area contributed by atoms with Crippen LogP contribution in [0.1, 0.15) is 53.8 Å². The Kier molecular flexibility index (Phi) is 8.54. The molecule has 1 saturated carbocycles. The molecule has 0 unspecified atom stereocenters. The second-order valence-electron chi connectivity index (χ2n) is 9.92. The van der Waals surface area contributed by atoms with E-state index in [0.29, 0.717) is 25.1 Å². The van der Waals surface area contributed by atoms with Gasteiger partial charge < -0.3 is 14.8 Å². The maximum absolute atomic E-state index is 13.9. The summed E-state index contributed by atoms with van der Waals surface area (Å²) in [7, 11) is 0. The number of rotatable bonds is 9. The van der Waals surface area contributed by atoms with Crippen molar-refractivity contribution in [2.75, 3.05) is 6.54 Å². The molecule has 38 heavy (non-hydrogen) atoms. The molecule has 0 radical (unpaired) electrons. The maximum Gasteiger partial charge on any atom is 0.251 e. The number of imidazole rings is 1. The zero-order valence-corrected chi connectivity index (χ0v) is 23.1. The lowest BCUT2D eigenvalue weighted by Gasteiger charge is -2.35. The molecule has 6 nitrogen and oxygen atoms in total. The summed E-state index contributed by atoms with van der Waals surface area (Å²) in [6.07, 6.45) is 6.21. The number of aromatic nitrogens is 2. The van der Waals surface area contributed by atoms with E-state index in [1.807, 2.05) is 59.2 Å². The topological polar surface area (TPSA) is 67.2 Å². The molecule has 1 aliphatic rings. The Morgan fingerprint density at radius 3 is 2.50 bits per heavy atom. The number of fused-ring (bicyclic) bond motifs is 1. The van der Waals surface area contributed by atoms with Gasteiger partial charge in [0, 0.05) is 35.6 Å². The fraction of sp³-hybridized carbons (Fsp3) is 0.323. The molecule has 2 amide bonds. The van der Waals surface area contributed by atoms with Crippen molar-refractivity contribution in [1.29, 1.82) is 0 Å². The summed E-state index contributed by atoms with van der Waals surface area (Å²) in [5.74, 6) is 0.789. The highest BCUT2D eigenvalue weighted by Gasteiger charge is 2.27. The van der Waals surface area contributed by atoms with Crippen LogP contribution < -0.4 is 5.32 Å². The second kappa shape index (κ2) is 12.4. The number of para-hydroxylation sites is 2. The van der Waals surface area contributed by atoms with Crippen LogP contribution in [0.15, 0.2) is 83.3 Å². The average molecular weight is 574 g/mol. The molecular weight excluding hydrogens is 540 g/mol. The van der Waals surface area contributed by atoms with Gasteiger partial charge in [-0.25, -0.2) is 4.98 Å². The Morgan fingerprint density at radius 1 is 0.947 bits per heavy atom. The van der Waals surface area contributed by atoms with Crippen molar-refractivity contribution in [3.63, 3.8) is 0 Å². The van der Waals surface area contributed by atoms with Crippen molar-refractivity contribution in [3.8, 4) is 0 Å². The van der Waals surface area contributed by atoms with E-state index in [1.54, 1.807) is 12.1 Å². The standard InChI is InChI=1S/C31H33BrN4O2/c32-25-13-9-12-24(20-25)31(38)33-19-18-29-34-27-16-7-8-17-28(27)36(29)22-30(37)35(26-14-5-2-6-15-26)21-23-10-3-1-4-11-23/h1,3-4,7-13,16-17,20,26H,2,5-6,14-15,18-19,21-22H2,(H,33,38). The van der Waals surface area contributed by atoms with Crippen LogP contribution in [0.25, 0.3) is 11.0 Å². The molecule has 0 aliphatic heterocycles. The van der Waals surface area contributed by atoms with Crippen molar-refractivity contribution < 1.29 is 9.59 Å². The first-order valence-electron chi connectivity index (χ1n) is 13.4. The van der Waals surface area contributed by atoms with E-state index in [9.17, 15) is 9.59 Å². The third kappa shape index (κ3) is 6.33. The van der Waals surface area contributed by atoms with Gasteiger partial charge in [0.25, 0.3) is 5.91 Å². The van der Waals surface area contributed by atoms with E-state index in [4.69, 9.17) is 4.98 Å². The first-order valence-corrected chi connectivity index (χ1v) is 14.2. The largest absolute Gasteiger partial charge is 0.352 e. The molecule has 196 valence electrons. The summed E-state index contributed by atoms with van der Waals surface area (Å²) in [6.45, 7) is 1.28. The minimum Gasteiger partial charge on any atom is -0.352 e. The number of hydrogen-bond donors (Lipinski definition) is 1. The smallest absolute Gasteiger partial charge is 0.251 e. The highest BCUT2D eigenvalue weighted by atomic mass is 79.9. The summed E-state index contributed by atoms with van der Waals surface area (Å²) in [6, 6.07) is 25.8. The van der Waals surface area contributed by atoms with Gasteiger partial charge in [0.15, 0.2) is 0 Å². The Bertz CT molecular complexity index is 1400. The Hall–Kier alpha value is -3.45. The fourth-order valence-corrected chi connectivity index (χ4v) is 5.73. The van der Waals surface area contributed by atoms with E-state index in [0.717, 1.165) is 39.7 Å². The van der Waals surface area contributed by atoms with Gasteiger partial charge in [0.05, 0.1) is 11.0 Å². The first kappa shape index (κ1) is 26.2. The molecule has 0 spiro atoms. The van der Waals surface area contributed by atoms with Gasteiger partial charge in [-0.15, -0.1) is 0 Å². The van der Waals surface area contributed by atoms with Crippen LogP contribution in [0.5, 0.6) is 0 Å². The number of carbonyl (C=O) groups is 2. The van der Waals surface area contributed by atoms with Gasteiger partial charge in [-0.05, 0) is 48.7 Å². The molecule has 7 heteroatoms. The first-order chi connectivity index (χ1) is 18.6. The van der Waals surface area contributed by atoms with Crippen LogP contribution in [0.2, 0.25) is 0 Å². The number of nitrogens with one attached hydrogen (secondary N) is 1. The summed E-state index contributed by atoms with van der Waals surface area (Å²) in [4.78, 5) is 33.5. The monoisotopic (exact) mass is 572 g/mol. The molecule has 1 fully saturated rings. The predicted molar refractivity (Wildman–Crippen MR) is 154 cm³/mol. The van der Waals surface area contributed by atoms with Gasteiger partial charge in [-0.3, -0.25) is 9.59 Å². The Balaban J connectivity index is 1.34. The zero-order chi connectivity index (χ0) is 26.3. The average Bonchev–Trinajstić information content (AvgIpc) is 3.29. The molecule has 1 aromatic heterocycles. The molecule has 4 aromatic rings. The lowest BCUT2D eigenvalue weighted by atomic mass is 9.93. The van der Waals surface area contributed by atoms with Crippen molar-refractivity contribution in [2.45, 2.75) is 57.7 Å². The minimum atomic E-state index is -0.128. The lowest BCUT2D eigenvalue weighted by molar-refractivity contribution is -0.135. The van der Waals surface area contributed by atoms with Crippen LogP contribution in [0.3, 0.4) is 0 Å². The van der Waals surface area contributed by atoms with Gasteiger partial charge in [-0.1, -0.05) is 83.7 Å². The Labute approximate surface area is 232 Å². The van der Waals surface area contributed by atoms with Gasteiger partial charge in [0.2, 0.25) is 5.91 Å². The van der Waals surface area contributed by atoms with E-state index in [1.165, 1.54) is 19.3 Å². The molecule has 5 rings (SSSR count). The molecule has 0 atom stereocenters. The van der Waals surface area contributed by atoms with Crippen LogP contribution in [-0.4, -0.2) is 38.9 Å². The lowest BCUT2D eigenvalue weighted by Crippen LogP contribution is -2.42. The summed E-state index contributed by atoms with van der Waals surface area (Å²) < 4.78 is 2.90. The molecule has 3 aromatic carbocycles. The second-order valence-corrected chi connectivity index (χ2v) is 10.8. The summed E-state index contributed by atoms with van der Waals surface area (Å²) >= 11 is 3.42. The van der Waals surface area contributed by atoms with Crippen molar-refractivity contribution in [1.82, 2.24) is 19.8 Å². The Morgan fingerprint density at radius 2 is 1.71 bits per heavy atom. The van der Waals surface area contributed by atoms with Gasteiger partial charge in [0.1, 0.15) is 12.4 Å². The van der Waals surface area contributed by atoms with Gasteiger partial charge >= 0.3 is 0 Å². The maximum atomic E-state index is 13.9. The number of benzene rings is 3. The molecule has 0 saturated heterocycles. The molecule has 1 N–H and O–H groups in total. The third-order valence-electron chi connectivity index (χ3n) is 7.28. The van der Waals surface area contributed by atoms with Crippen LogP contribution >= 0.6 is 15.9 Å². The van der Waals surface area contributed by atoms with Gasteiger partial charge in [-0.2, -0.15) is 0 Å². The summed E-state index contributed by atoms with van der Waals surface area (Å²) in [5, 5.41) is 3.00. The van der Waals surface area contributed by atoms with E-state index in [2.05, 4.69) is 38.3 Å². The highest BCUT2D eigenvalue weighted by Crippen LogP contribution is 2.25. The highest BCUT2D eigenvalue weighted by molar-refractivity contribution is 9.10. The predicted octanol–water partition coefficient (Wildman–Crippen LogP) is 6.13. The molecule has 0 bridgehead atoms. The minimum absolute atomic E-state index is 0.114. The van der Waals surface area contributed by atoms with Crippen LogP contribution in [0.4, 0.5) is 0 Å². The van der Waals surface area contributed by atoms with Crippen molar-refractivity contribution >= 4 is 38.8 Å². The number of carbonyl (C=O) groups excluding carboxylic acids is 2. The molecule has 1 aliphatic carbocycles. The van der Waals surface area contributed by atoms with E-state index < -0.39 is 0 Å². The SMILES string of the molecule is O=C(NCCc1nc2ccccc2n1CC(=O)N(Cc1ccccc1)C1CCCCC1)c1cccc(Br)c1. The summed E-state index contributed by atoms with van der Waals surface area (Å²) in [5.41, 5.74) is 3.56. The normalized spacial score (nSPS) is 13.9. The van der Waals surface area contributed by atoms with Crippen molar-refractivity contribution in [3.05, 3.63) is 100 Å².